The van der Waals surface area contributed by atoms with Gasteiger partial charge in [-0.1, -0.05) is 41.9 Å². The smallest absolute Gasteiger partial charge is 0.237 e. The van der Waals surface area contributed by atoms with Gasteiger partial charge in [-0.2, -0.15) is 5.26 Å². The zero-order valence-electron chi connectivity index (χ0n) is 10.6. The molecule has 0 heterocycles. The van der Waals surface area contributed by atoms with Crippen LogP contribution in [0.3, 0.4) is 0 Å². The van der Waals surface area contributed by atoms with E-state index < -0.39 is 5.92 Å². The number of nitrogens with zero attached hydrogens (tertiary/aromatic N) is 1. The highest BCUT2D eigenvalue weighted by molar-refractivity contribution is 9.10. The molecule has 0 aliphatic carbocycles. The fourth-order valence-electron chi connectivity index (χ4n) is 1.52. The summed E-state index contributed by atoms with van der Waals surface area (Å²) in [5.41, 5.74) is 0.982. The van der Waals surface area contributed by atoms with Crippen LogP contribution in [0.1, 0.15) is 19.4 Å². The van der Waals surface area contributed by atoms with Gasteiger partial charge < -0.3 is 5.32 Å². The van der Waals surface area contributed by atoms with Gasteiger partial charge in [0.1, 0.15) is 5.92 Å². The highest BCUT2D eigenvalue weighted by atomic mass is 79.9. The number of halogens is 1. The third-order valence-electron chi connectivity index (χ3n) is 2.49. The topological polar surface area (TPSA) is 52.9 Å². The molecule has 1 aromatic carbocycles. The Bertz CT molecular complexity index is 451. The molecule has 4 heteroatoms. The van der Waals surface area contributed by atoms with Crippen LogP contribution in [0.5, 0.6) is 0 Å². The summed E-state index contributed by atoms with van der Waals surface area (Å²) in [6.07, 6.45) is 0.444. The van der Waals surface area contributed by atoms with E-state index in [0.717, 1.165) is 10.0 Å². The minimum absolute atomic E-state index is 0.189. The predicted octanol–water partition coefficient (Wildman–Crippen LogP) is 2.90. The number of hydrogen-bond acceptors (Lipinski definition) is 2. The van der Waals surface area contributed by atoms with E-state index in [1.807, 2.05) is 38.1 Å². The molecular weight excluding hydrogens is 292 g/mol. The van der Waals surface area contributed by atoms with Crippen LogP contribution < -0.4 is 5.32 Å². The maximum Gasteiger partial charge on any atom is 0.237 e. The third kappa shape index (κ3) is 4.89. The second-order valence-electron chi connectivity index (χ2n) is 4.65. The highest BCUT2D eigenvalue weighted by Crippen LogP contribution is 2.15. The number of carbonyl (C=O) groups is 1. The summed E-state index contributed by atoms with van der Waals surface area (Å²) in [6, 6.07) is 9.74. The lowest BCUT2D eigenvalue weighted by Gasteiger charge is -2.12. The molecule has 1 aromatic rings. The van der Waals surface area contributed by atoms with Crippen molar-refractivity contribution in [1.82, 2.24) is 5.32 Å². The van der Waals surface area contributed by atoms with Crippen molar-refractivity contribution in [3.63, 3.8) is 0 Å². The fourth-order valence-corrected chi connectivity index (χ4v) is 1.97. The van der Waals surface area contributed by atoms with Crippen LogP contribution in [0.15, 0.2) is 28.7 Å². The molecular formula is C14H17BrN2O. The van der Waals surface area contributed by atoms with Gasteiger partial charge in [0.15, 0.2) is 0 Å². The number of nitrogens with one attached hydrogen (secondary N) is 1. The Morgan fingerprint density at radius 2 is 2.22 bits per heavy atom. The fraction of sp³-hybridized carbons (Fsp3) is 0.429. The number of amides is 1. The van der Waals surface area contributed by atoms with Crippen molar-refractivity contribution in [2.45, 2.75) is 20.3 Å². The van der Waals surface area contributed by atoms with Crippen molar-refractivity contribution >= 4 is 21.8 Å². The molecule has 1 rings (SSSR count). The first-order valence-corrected chi connectivity index (χ1v) is 6.74. The lowest BCUT2D eigenvalue weighted by atomic mass is 10.00. The second kappa shape index (κ2) is 7.17. The summed E-state index contributed by atoms with van der Waals surface area (Å²) in [5.74, 6) is -0.427. The molecule has 0 radical (unpaired) electrons. The molecule has 0 fully saturated rings. The van der Waals surface area contributed by atoms with E-state index in [1.165, 1.54) is 0 Å². The third-order valence-corrected chi connectivity index (χ3v) is 2.98. The Kier molecular flexibility index (Phi) is 5.87. The van der Waals surface area contributed by atoms with Crippen molar-refractivity contribution in [1.29, 1.82) is 5.26 Å². The summed E-state index contributed by atoms with van der Waals surface area (Å²) in [7, 11) is 0. The average molecular weight is 309 g/mol. The number of hydrogen-bond donors (Lipinski definition) is 1. The normalized spacial score (nSPS) is 11.9. The molecule has 1 unspecified atom stereocenters. The van der Waals surface area contributed by atoms with E-state index in [9.17, 15) is 4.79 Å². The molecule has 1 N–H and O–H groups in total. The minimum Gasteiger partial charge on any atom is -0.355 e. The highest BCUT2D eigenvalue weighted by Gasteiger charge is 2.18. The van der Waals surface area contributed by atoms with Crippen molar-refractivity contribution < 1.29 is 4.79 Å². The van der Waals surface area contributed by atoms with Gasteiger partial charge in [0, 0.05) is 11.0 Å². The van der Waals surface area contributed by atoms with Crippen LogP contribution in [0, 0.1) is 23.2 Å². The Morgan fingerprint density at radius 1 is 1.50 bits per heavy atom. The second-order valence-corrected chi connectivity index (χ2v) is 5.57. The SMILES string of the molecule is CC(C)CNC(=O)C(C#N)Cc1cccc(Br)c1. The van der Waals surface area contributed by atoms with E-state index in [0.29, 0.717) is 18.9 Å². The van der Waals surface area contributed by atoms with E-state index in [4.69, 9.17) is 5.26 Å². The number of nitriles is 1. The summed E-state index contributed by atoms with van der Waals surface area (Å²) in [5, 5.41) is 11.9. The van der Waals surface area contributed by atoms with Gasteiger partial charge in [0.05, 0.1) is 6.07 Å². The van der Waals surface area contributed by atoms with Crippen molar-refractivity contribution in [2.75, 3.05) is 6.54 Å². The lowest BCUT2D eigenvalue weighted by molar-refractivity contribution is -0.123. The number of carbonyl (C=O) groups excluding carboxylic acids is 1. The molecule has 0 saturated carbocycles. The first kappa shape index (κ1) is 14.7. The van der Waals surface area contributed by atoms with Crippen molar-refractivity contribution in [3.8, 4) is 6.07 Å². The number of rotatable bonds is 5. The van der Waals surface area contributed by atoms with Gasteiger partial charge in [0.25, 0.3) is 0 Å². The van der Waals surface area contributed by atoms with Crippen LogP contribution in [-0.4, -0.2) is 12.5 Å². The van der Waals surface area contributed by atoms with Crippen LogP contribution in [0.2, 0.25) is 0 Å². The van der Waals surface area contributed by atoms with Crippen LogP contribution in [-0.2, 0) is 11.2 Å². The molecule has 0 bridgehead atoms. The zero-order valence-corrected chi connectivity index (χ0v) is 12.2. The van der Waals surface area contributed by atoms with Gasteiger partial charge in [-0.3, -0.25) is 4.79 Å². The monoisotopic (exact) mass is 308 g/mol. The van der Waals surface area contributed by atoms with Gasteiger partial charge >= 0.3 is 0 Å². The maximum atomic E-state index is 11.8. The van der Waals surface area contributed by atoms with Gasteiger partial charge in [-0.05, 0) is 30.0 Å². The zero-order chi connectivity index (χ0) is 13.5. The lowest BCUT2D eigenvalue weighted by Crippen LogP contribution is -2.33. The predicted molar refractivity (Wildman–Crippen MR) is 74.8 cm³/mol. The van der Waals surface area contributed by atoms with E-state index in [-0.39, 0.29) is 5.91 Å². The minimum atomic E-state index is -0.627. The first-order chi connectivity index (χ1) is 8.52. The maximum absolute atomic E-state index is 11.8. The molecule has 0 aliphatic rings. The summed E-state index contributed by atoms with van der Waals surface area (Å²) >= 11 is 3.38. The molecule has 0 aromatic heterocycles. The van der Waals surface area contributed by atoms with Gasteiger partial charge in [-0.25, -0.2) is 0 Å². The molecule has 3 nitrogen and oxygen atoms in total. The Hall–Kier alpha value is -1.34. The van der Waals surface area contributed by atoms with E-state index in [1.54, 1.807) is 0 Å². The van der Waals surface area contributed by atoms with E-state index in [2.05, 4.69) is 27.3 Å². The largest absolute Gasteiger partial charge is 0.355 e. The quantitative estimate of drug-likeness (QED) is 0.909. The van der Waals surface area contributed by atoms with Crippen LogP contribution in [0.25, 0.3) is 0 Å². The molecule has 1 amide bonds. The standard InChI is InChI=1S/C14H17BrN2O/c1-10(2)9-17-14(18)12(8-16)6-11-4-3-5-13(15)7-11/h3-5,7,10,12H,6,9H2,1-2H3,(H,17,18). The molecule has 96 valence electrons. The molecule has 18 heavy (non-hydrogen) atoms. The average Bonchev–Trinajstić information content (AvgIpc) is 2.33. The summed E-state index contributed by atoms with van der Waals surface area (Å²) < 4.78 is 0.958. The first-order valence-electron chi connectivity index (χ1n) is 5.94. The Balaban J connectivity index is 2.62. The molecule has 0 aliphatic heterocycles. The van der Waals surface area contributed by atoms with Crippen molar-refractivity contribution in [3.05, 3.63) is 34.3 Å². The Morgan fingerprint density at radius 3 is 2.78 bits per heavy atom. The van der Waals surface area contributed by atoms with Gasteiger partial charge in [-0.15, -0.1) is 0 Å². The van der Waals surface area contributed by atoms with E-state index >= 15 is 0 Å². The Labute approximate surface area is 116 Å². The summed E-state index contributed by atoms with van der Waals surface area (Å²) in [4.78, 5) is 11.8. The molecule has 1 atom stereocenters. The molecule has 0 saturated heterocycles. The number of benzene rings is 1. The van der Waals surface area contributed by atoms with Crippen LogP contribution >= 0.6 is 15.9 Å². The van der Waals surface area contributed by atoms with Crippen molar-refractivity contribution in [2.24, 2.45) is 11.8 Å². The van der Waals surface area contributed by atoms with Gasteiger partial charge in [0.2, 0.25) is 5.91 Å². The van der Waals surface area contributed by atoms with Crippen LogP contribution in [0.4, 0.5) is 0 Å². The molecule has 0 spiro atoms. The summed E-state index contributed by atoms with van der Waals surface area (Å²) in [6.45, 7) is 4.65.